The molecule has 4 atom stereocenters. The normalized spacial score (nSPS) is 39.4. The third kappa shape index (κ3) is 3.48. The second-order valence-electron chi connectivity index (χ2n) is 6.53. The van der Waals surface area contributed by atoms with Crippen LogP contribution in [-0.4, -0.2) is 31.2 Å². The number of carbonyl (C=O) groups excluding carboxylic acids is 1. The Morgan fingerprint density at radius 2 is 2.21 bits per heavy atom. The van der Waals surface area contributed by atoms with Gasteiger partial charge in [-0.15, -0.1) is 0 Å². The summed E-state index contributed by atoms with van der Waals surface area (Å²) in [6, 6.07) is 0. The number of nitrogens with two attached hydrogens (primary N) is 1. The quantitative estimate of drug-likeness (QED) is 0.799. The predicted octanol–water partition coefficient (Wildman–Crippen LogP) is 1.83. The van der Waals surface area contributed by atoms with Crippen LogP contribution < -0.4 is 11.1 Å². The molecule has 2 aliphatic carbocycles. The largest absolute Gasteiger partial charge is 0.378 e. The number of ether oxygens (including phenoxy) is 1. The summed E-state index contributed by atoms with van der Waals surface area (Å²) in [5.41, 5.74) is 4.97. The van der Waals surface area contributed by atoms with Crippen LogP contribution in [0, 0.1) is 11.8 Å². The molecule has 0 aromatic rings. The van der Waals surface area contributed by atoms with Gasteiger partial charge >= 0.3 is 0 Å². The minimum atomic E-state index is -0.537. The molecule has 0 radical (unpaired) electrons. The van der Waals surface area contributed by atoms with E-state index in [9.17, 15) is 4.79 Å². The maximum atomic E-state index is 11.6. The van der Waals surface area contributed by atoms with Crippen LogP contribution in [0.5, 0.6) is 0 Å². The summed E-state index contributed by atoms with van der Waals surface area (Å²) in [5.74, 6) is 1.31. The fourth-order valence-electron chi connectivity index (χ4n) is 3.70. The van der Waals surface area contributed by atoms with Crippen molar-refractivity contribution in [3.05, 3.63) is 0 Å². The predicted molar refractivity (Wildman–Crippen MR) is 75.7 cm³/mol. The van der Waals surface area contributed by atoms with Crippen molar-refractivity contribution in [1.82, 2.24) is 5.32 Å². The second-order valence-corrected chi connectivity index (χ2v) is 6.53. The Balaban J connectivity index is 1.77. The highest BCUT2D eigenvalue weighted by atomic mass is 16.5. The van der Waals surface area contributed by atoms with Gasteiger partial charge < -0.3 is 15.8 Å². The first-order valence-electron chi connectivity index (χ1n) is 7.66. The first kappa shape index (κ1) is 14.8. The lowest BCUT2D eigenvalue weighted by Crippen LogP contribution is -2.52. The molecule has 3 N–H and O–H groups in total. The zero-order chi connectivity index (χ0) is 13.9. The van der Waals surface area contributed by atoms with E-state index in [1.165, 1.54) is 25.7 Å². The van der Waals surface area contributed by atoms with Gasteiger partial charge in [-0.25, -0.2) is 0 Å². The Labute approximate surface area is 116 Å². The Kier molecular flexibility index (Phi) is 4.85. The minimum absolute atomic E-state index is 0.192. The summed E-state index contributed by atoms with van der Waals surface area (Å²) in [5, 5.41) is 3.10. The Morgan fingerprint density at radius 3 is 2.79 bits per heavy atom. The van der Waals surface area contributed by atoms with Crippen LogP contribution >= 0.6 is 0 Å². The topological polar surface area (TPSA) is 64.3 Å². The molecule has 4 unspecified atom stereocenters. The third-order valence-electron chi connectivity index (χ3n) is 5.03. The molecule has 0 bridgehead atoms. The van der Waals surface area contributed by atoms with E-state index in [-0.39, 0.29) is 12.0 Å². The van der Waals surface area contributed by atoms with Crippen LogP contribution in [0.1, 0.15) is 51.9 Å². The van der Waals surface area contributed by atoms with E-state index in [0.717, 1.165) is 31.8 Å². The molecule has 0 aromatic heterocycles. The van der Waals surface area contributed by atoms with Crippen molar-refractivity contribution >= 4 is 5.91 Å². The van der Waals surface area contributed by atoms with Gasteiger partial charge in [-0.05, 0) is 44.6 Å². The standard InChI is InChI=1S/C15H28N2O2/c1-11-4-3-5-12(8-11)10-19-13-6-7-15(9-13,17-2)14(16)18/h11-13,17H,3-10H2,1-2H3,(H2,16,18). The van der Waals surface area contributed by atoms with Gasteiger partial charge in [0, 0.05) is 13.0 Å². The van der Waals surface area contributed by atoms with Gasteiger partial charge in [-0.2, -0.15) is 0 Å². The fraction of sp³-hybridized carbons (Fsp3) is 0.933. The van der Waals surface area contributed by atoms with Crippen LogP contribution in [0.3, 0.4) is 0 Å². The van der Waals surface area contributed by atoms with Crippen molar-refractivity contribution in [2.45, 2.75) is 63.5 Å². The number of nitrogens with one attached hydrogen (secondary N) is 1. The molecule has 0 heterocycles. The highest BCUT2D eigenvalue weighted by molar-refractivity contribution is 5.85. The summed E-state index contributed by atoms with van der Waals surface area (Å²) in [6.45, 7) is 3.19. The molecule has 2 rings (SSSR count). The van der Waals surface area contributed by atoms with Gasteiger partial charge in [0.1, 0.15) is 0 Å². The Morgan fingerprint density at radius 1 is 1.42 bits per heavy atom. The SMILES string of the molecule is CNC1(C(N)=O)CCC(OCC2CCCC(C)C2)C1. The van der Waals surface area contributed by atoms with E-state index >= 15 is 0 Å². The van der Waals surface area contributed by atoms with E-state index in [0.29, 0.717) is 5.92 Å². The average Bonchev–Trinajstić information content (AvgIpc) is 2.81. The number of rotatable bonds is 5. The second kappa shape index (κ2) is 6.23. The van der Waals surface area contributed by atoms with E-state index in [4.69, 9.17) is 10.5 Å². The molecule has 0 aromatic carbocycles. The smallest absolute Gasteiger partial charge is 0.237 e. The number of carbonyl (C=O) groups is 1. The molecule has 2 fully saturated rings. The van der Waals surface area contributed by atoms with Crippen molar-refractivity contribution in [3.8, 4) is 0 Å². The van der Waals surface area contributed by atoms with Crippen LogP contribution in [0.15, 0.2) is 0 Å². The summed E-state index contributed by atoms with van der Waals surface area (Å²) < 4.78 is 6.05. The molecule has 19 heavy (non-hydrogen) atoms. The first-order chi connectivity index (χ1) is 9.05. The maximum Gasteiger partial charge on any atom is 0.237 e. The average molecular weight is 268 g/mol. The van der Waals surface area contributed by atoms with Crippen molar-refractivity contribution in [1.29, 1.82) is 0 Å². The monoisotopic (exact) mass is 268 g/mol. The Bertz CT molecular complexity index is 321. The lowest BCUT2D eigenvalue weighted by molar-refractivity contribution is -0.124. The van der Waals surface area contributed by atoms with Crippen molar-refractivity contribution < 1.29 is 9.53 Å². The molecule has 4 nitrogen and oxygen atoms in total. The zero-order valence-corrected chi connectivity index (χ0v) is 12.3. The number of hydrogen-bond acceptors (Lipinski definition) is 3. The highest BCUT2D eigenvalue weighted by Crippen LogP contribution is 2.33. The molecular weight excluding hydrogens is 240 g/mol. The van der Waals surface area contributed by atoms with E-state index in [2.05, 4.69) is 12.2 Å². The van der Waals surface area contributed by atoms with Crippen molar-refractivity contribution in [3.63, 3.8) is 0 Å². The number of hydrogen-bond donors (Lipinski definition) is 2. The van der Waals surface area contributed by atoms with Crippen LogP contribution in [0.25, 0.3) is 0 Å². The summed E-state index contributed by atoms with van der Waals surface area (Å²) >= 11 is 0. The summed E-state index contributed by atoms with van der Waals surface area (Å²) in [7, 11) is 1.82. The minimum Gasteiger partial charge on any atom is -0.378 e. The van der Waals surface area contributed by atoms with Crippen LogP contribution in [-0.2, 0) is 9.53 Å². The molecule has 1 amide bonds. The van der Waals surface area contributed by atoms with Crippen molar-refractivity contribution in [2.75, 3.05) is 13.7 Å². The van der Waals surface area contributed by atoms with Gasteiger partial charge in [0.25, 0.3) is 0 Å². The van der Waals surface area contributed by atoms with Gasteiger partial charge in [0.05, 0.1) is 11.6 Å². The molecular formula is C15H28N2O2. The van der Waals surface area contributed by atoms with Gasteiger partial charge in [0.2, 0.25) is 5.91 Å². The molecule has 0 aliphatic heterocycles. The van der Waals surface area contributed by atoms with E-state index in [1.807, 2.05) is 7.05 Å². The molecule has 4 heteroatoms. The molecule has 2 saturated carbocycles. The molecule has 0 spiro atoms. The fourth-order valence-corrected chi connectivity index (χ4v) is 3.70. The van der Waals surface area contributed by atoms with Gasteiger partial charge in [-0.3, -0.25) is 4.79 Å². The summed E-state index contributed by atoms with van der Waals surface area (Å²) in [4.78, 5) is 11.6. The zero-order valence-electron chi connectivity index (χ0n) is 12.3. The van der Waals surface area contributed by atoms with E-state index in [1.54, 1.807) is 0 Å². The summed E-state index contributed by atoms with van der Waals surface area (Å²) in [6.07, 6.45) is 7.94. The number of amides is 1. The lowest BCUT2D eigenvalue weighted by Gasteiger charge is -2.28. The molecule has 0 saturated heterocycles. The molecule has 2 aliphatic rings. The maximum absolute atomic E-state index is 11.6. The first-order valence-corrected chi connectivity index (χ1v) is 7.66. The third-order valence-corrected chi connectivity index (χ3v) is 5.03. The van der Waals surface area contributed by atoms with E-state index < -0.39 is 5.54 Å². The highest BCUT2D eigenvalue weighted by Gasteiger charge is 2.43. The van der Waals surface area contributed by atoms with Crippen LogP contribution in [0.2, 0.25) is 0 Å². The van der Waals surface area contributed by atoms with Crippen LogP contribution in [0.4, 0.5) is 0 Å². The van der Waals surface area contributed by atoms with Gasteiger partial charge in [0.15, 0.2) is 0 Å². The molecule has 110 valence electrons. The van der Waals surface area contributed by atoms with Gasteiger partial charge in [-0.1, -0.05) is 19.8 Å². The number of primary amides is 1. The lowest BCUT2D eigenvalue weighted by atomic mass is 9.83. The number of likely N-dealkylation sites (N-methyl/N-ethyl adjacent to an activating group) is 1. The van der Waals surface area contributed by atoms with Crippen molar-refractivity contribution in [2.24, 2.45) is 17.6 Å². The Hall–Kier alpha value is -0.610.